The van der Waals surface area contributed by atoms with Gasteiger partial charge in [0.1, 0.15) is 5.69 Å². The van der Waals surface area contributed by atoms with Gasteiger partial charge in [-0.3, -0.25) is 14.9 Å². The van der Waals surface area contributed by atoms with E-state index in [1.165, 1.54) is 12.1 Å². The first-order chi connectivity index (χ1) is 13.7. The molecule has 0 aliphatic heterocycles. The van der Waals surface area contributed by atoms with Crippen molar-refractivity contribution in [2.75, 3.05) is 32.7 Å². The van der Waals surface area contributed by atoms with Gasteiger partial charge in [-0.15, -0.1) is 0 Å². The molecule has 1 aromatic heterocycles. The number of nitrogens with one attached hydrogen (secondary N) is 1. The summed E-state index contributed by atoms with van der Waals surface area (Å²) >= 11 is 0. The third kappa shape index (κ3) is 4.80. The molecule has 0 saturated carbocycles. The first-order valence-electron chi connectivity index (χ1n) is 9.05. The molecule has 1 aromatic carbocycles. The molecule has 9 nitrogen and oxygen atoms in total. The number of ether oxygens (including phenoxy) is 2. The number of ketones is 1. The van der Waals surface area contributed by atoms with Crippen molar-refractivity contribution in [2.24, 2.45) is 0 Å². The van der Waals surface area contributed by atoms with E-state index in [1.807, 2.05) is 25.3 Å². The fourth-order valence-electron chi connectivity index (χ4n) is 3.37. The van der Waals surface area contributed by atoms with Crippen LogP contribution >= 0.6 is 0 Å². The summed E-state index contributed by atoms with van der Waals surface area (Å²) in [6.07, 6.45) is 0. The molecule has 2 aromatic rings. The predicted octanol–water partition coefficient (Wildman–Crippen LogP) is 3.30. The van der Waals surface area contributed by atoms with Crippen molar-refractivity contribution in [1.29, 1.82) is 0 Å². The van der Waals surface area contributed by atoms with Gasteiger partial charge >= 0.3 is 5.97 Å². The summed E-state index contributed by atoms with van der Waals surface area (Å²) < 4.78 is 12.3. The minimum absolute atomic E-state index is 0.00249. The van der Waals surface area contributed by atoms with E-state index in [2.05, 4.69) is 5.32 Å². The predicted molar refractivity (Wildman–Crippen MR) is 108 cm³/mol. The Morgan fingerprint density at radius 1 is 1.28 bits per heavy atom. The number of nitro groups is 1. The van der Waals surface area contributed by atoms with E-state index < -0.39 is 17.5 Å². The highest BCUT2D eigenvalue weighted by atomic mass is 16.6. The number of anilines is 1. The number of methoxy groups -OCH3 is 1. The zero-order valence-electron chi connectivity index (χ0n) is 17.1. The van der Waals surface area contributed by atoms with Gasteiger partial charge < -0.3 is 19.4 Å². The van der Waals surface area contributed by atoms with Crippen molar-refractivity contribution in [3.05, 3.63) is 56.9 Å². The number of hydrogen-bond acceptors (Lipinski definition) is 7. The Balaban J connectivity index is 2.13. The smallest absolute Gasteiger partial charge is 0.338 e. The lowest BCUT2D eigenvalue weighted by Gasteiger charge is -2.17. The van der Waals surface area contributed by atoms with Gasteiger partial charge in [0.25, 0.3) is 5.69 Å². The van der Waals surface area contributed by atoms with Crippen molar-refractivity contribution in [3.63, 3.8) is 0 Å². The Labute approximate surface area is 168 Å². The average molecular weight is 403 g/mol. The summed E-state index contributed by atoms with van der Waals surface area (Å²) in [7, 11) is 3.16. The number of aromatic nitrogens is 1. The molecule has 1 heterocycles. The Hall–Kier alpha value is -3.20. The molecule has 2 rings (SSSR count). The Morgan fingerprint density at radius 3 is 2.55 bits per heavy atom. The van der Waals surface area contributed by atoms with Gasteiger partial charge in [-0.1, -0.05) is 0 Å². The largest absolute Gasteiger partial charge is 0.454 e. The van der Waals surface area contributed by atoms with Crippen molar-refractivity contribution >= 4 is 23.1 Å². The minimum atomic E-state index is -0.800. The molecular weight excluding hydrogens is 378 g/mol. The molecule has 0 saturated heterocycles. The molecule has 0 aliphatic carbocycles. The second-order valence-corrected chi connectivity index (χ2v) is 6.70. The number of Topliss-reactive ketones (excluding diaryl/α,β-unsaturated/α-hetero) is 1. The van der Waals surface area contributed by atoms with Gasteiger partial charge in [-0.2, -0.15) is 0 Å². The van der Waals surface area contributed by atoms with Crippen LogP contribution < -0.4 is 5.32 Å². The van der Waals surface area contributed by atoms with E-state index in [0.717, 1.165) is 17.5 Å². The van der Waals surface area contributed by atoms with Crippen LogP contribution in [0, 0.1) is 24.0 Å². The molecule has 0 bridgehead atoms. The van der Waals surface area contributed by atoms with E-state index >= 15 is 0 Å². The van der Waals surface area contributed by atoms with E-state index in [9.17, 15) is 19.7 Å². The van der Waals surface area contributed by atoms with Crippen molar-refractivity contribution in [3.8, 4) is 0 Å². The minimum Gasteiger partial charge on any atom is -0.454 e. The lowest BCUT2D eigenvalue weighted by Crippen LogP contribution is -2.17. The molecule has 0 radical (unpaired) electrons. The third-order valence-electron chi connectivity index (χ3n) is 4.67. The van der Waals surface area contributed by atoms with Crippen LogP contribution in [-0.2, 0) is 9.47 Å². The summed E-state index contributed by atoms with van der Waals surface area (Å²) in [6.45, 7) is 5.75. The van der Waals surface area contributed by atoms with E-state index in [1.54, 1.807) is 20.2 Å². The monoisotopic (exact) mass is 403 g/mol. The van der Waals surface area contributed by atoms with Crippen LogP contribution in [-0.4, -0.2) is 48.6 Å². The van der Waals surface area contributed by atoms with Gasteiger partial charge in [0.05, 0.1) is 23.1 Å². The second-order valence-electron chi connectivity index (χ2n) is 6.70. The summed E-state index contributed by atoms with van der Waals surface area (Å²) in [5.74, 6) is -1.14. The van der Waals surface area contributed by atoms with Crippen LogP contribution in [0.2, 0.25) is 0 Å². The van der Waals surface area contributed by atoms with Gasteiger partial charge in [0, 0.05) is 37.2 Å². The summed E-state index contributed by atoms with van der Waals surface area (Å²) in [5.41, 5.74) is 2.17. The number of carbonyl (C=O) groups is 2. The molecular formula is C20H25N3O6. The van der Waals surface area contributed by atoms with Crippen LogP contribution in [0.15, 0.2) is 24.3 Å². The average Bonchev–Trinajstić information content (AvgIpc) is 2.99. The highest BCUT2D eigenvalue weighted by Crippen LogP contribution is 2.25. The molecule has 0 aliphatic rings. The van der Waals surface area contributed by atoms with Crippen molar-refractivity contribution < 1.29 is 24.0 Å². The Morgan fingerprint density at radius 2 is 1.97 bits per heavy atom. The highest BCUT2D eigenvalue weighted by molar-refractivity contribution is 6.00. The van der Waals surface area contributed by atoms with E-state index in [4.69, 9.17) is 9.47 Å². The number of benzene rings is 1. The summed E-state index contributed by atoms with van der Waals surface area (Å²) in [4.78, 5) is 35.4. The SMILES string of the molecule is CNc1ccc(C(=O)OCC(=O)c2cc(C)n(C(C)COC)c2C)cc1[N+](=O)[O-]. The van der Waals surface area contributed by atoms with Crippen LogP contribution in [0.25, 0.3) is 0 Å². The lowest BCUT2D eigenvalue weighted by atomic mass is 10.1. The summed E-state index contributed by atoms with van der Waals surface area (Å²) in [6, 6.07) is 5.75. The topological polar surface area (TPSA) is 113 Å². The van der Waals surface area contributed by atoms with E-state index in [-0.39, 0.29) is 28.8 Å². The quantitative estimate of drug-likeness (QED) is 0.296. The zero-order valence-corrected chi connectivity index (χ0v) is 17.1. The number of carbonyl (C=O) groups excluding carboxylic acids is 2. The second kappa shape index (κ2) is 9.33. The molecule has 156 valence electrons. The number of rotatable bonds is 9. The zero-order chi connectivity index (χ0) is 21.7. The normalized spacial score (nSPS) is 11.8. The standard InChI is InChI=1S/C20H25N3O6/c1-12-8-16(14(3)22(12)13(2)10-28-5)19(24)11-29-20(25)15-6-7-17(21-4)18(9-15)23(26)27/h6-9,13,21H,10-11H2,1-5H3. The first kappa shape index (κ1) is 22.1. The van der Waals surface area contributed by atoms with Crippen LogP contribution in [0.3, 0.4) is 0 Å². The molecule has 0 spiro atoms. The summed E-state index contributed by atoms with van der Waals surface area (Å²) in [5, 5.41) is 13.8. The number of nitrogens with zero attached hydrogens (tertiary/aromatic N) is 2. The Bertz CT molecular complexity index is 935. The van der Waals surface area contributed by atoms with Gasteiger partial charge in [-0.05, 0) is 39.0 Å². The number of hydrogen-bond donors (Lipinski definition) is 1. The molecule has 1 N–H and O–H groups in total. The van der Waals surface area contributed by atoms with Crippen LogP contribution in [0.5, 0.6) is 0 Å². The maximum absolute atomic E-state index is 12.6. The molecule has 29 heavy (non-hydrogen) atoms. The third-order valence-corrected chi connectivity index (χ3v) is 4.67. The number of aryl methyl sites for hydroxylation is 1. The maximum atomic E-state index is 12.6. The van der Waals surface area contributed by atoms with Gasteiger partial charge in [0.2, 0.25) is 5.78 Å². The van der Waals surface area contributed by atoms with E-state index in [0.29, 0.717) is 12.2 Å². The fourth-order valence-corrected chi connectivity index (χ4v) is 3.37. The van der Waals surface area contributed by atoms with Gasteiger partial charge in [-0.25, -0.2) is 4.79 Å². The molecule has 0 fully saturated rings. The molecule has 1 atom stereocenters. The van der Waals surface area contributed by atoms with Gasteiger partial charge in [0.15, 0.2) is 6.61 Å². The fraction of sp³-hybridized carbons (Fsp3) is 0.400. The van der Waals surface area contributed by atoms with Crippen LogP contribution in [0.1, 0.15) is 45.1 Å². The number of esters is 1. The number of nitro benzene ring substituents is 1. The lowest BCUT2D eigenvalue weighted by molar-refractivity contribution is -0.384. The van der Waals surface area contributed by atoms with Crippen molar-refractivity contribution in [1.82, 2.24) is 4.57 Å². The van der Waals surface area contributed by atoms with Crippen LogP contribution in [0.4, 0.5) is 11.4 Å². The Kier molecular flexibility index (Phi) is 7.11. The first-order valence-corrected chi connectivity index (χ1v) is 9.05. The molecule has 1 unspecified atom stereocenters. The van der Waals surface area contributed by atoms with Crippen molar-refractivity contribution in [2.45, 2.75) is 26.8 Å². The maximum Gasteiger partial charge on any atom is 0.338 e. The highest BCUT2D eigenvalue weighted by Gasteiger charge is 2.21. The molecule has 0 amide bonds. The molecule has 9 heteroatoms.